The van der Waals surface area contributed by atoms with Gasteiger partial charge in [0.15, 0.2) is 0 Å². The second-order valence-corrected chi connectivity index (χ2v) is 13.1. The van der Waals surface area contributed by atoms with E-state index < -0.39 is 0 Å². The van der Waals surface area contributed by atoms with Gasteiger partial charge < -0.3 is 0 Å². The largest absolute Gasteiger partial charge is 0.299 e. The van der Waals surface area contributed by atoms with Crippen molar-refractivity contribution < 1.29 is 0 Å². The average molecular weight is 655 g/mol. The van der Waals surface area contributed by atoms with Crippen LogP contribution in [0.2, 0.25) is 0 Å². The summed E-state index contributed by atoms with van der Waals surface area (Å²) in [5, 5.41) is 15.7. The molecule has 242 valence electrons. The third kappa shape index (κ3) is 5.67. The number of aromatic nitrogens is 1. The molecule has 0 bridgehead atoms. The number of pyridine rings is 1. The third-order valence-corrected chi connectivity index (χ3v) is 10.1. The quantitative estimate of drug-likeness (QED) is 0.139. The second-order valence-electron chi connectivity index (χ2n) is 13.1. The van der Waals surface area contributed by atoms with Crippen LogP contribution in [0.4, 0.5) is 5.69 Å². The lowest BCUT2D eigenvalue weighted by Crippen LogP contribution is -2.23. The molecule has 0 spiro atoms. The molecule has 0 saturated carbocycles. The van der Waals surface area contributed by atoms with Crippen molar-refractivity contribution in [2.45, 2.75) is 5.92 Å². The summed E-state index contributed by atoms with van der Waals surface area (Å²) < 4.78 is 0. The Bertz CT molecular complexity index is 2510. The lowest BCUT2D eigenvalue weighted by atomic mass is 9.66. The van der Waals surface area contributed by atoms with Gasteiger partial charge >= 0.3 is 0 Å². The van der Waals surface area contributed by atoms with Gasteiger partial charge in [0.05, 0.1) is 11.4 Å². The van der Waals surface area contributed by atoms with Crippen LogP contribution in [0, 0.1) is 11.3 Å². The fraction of sp³-hybridized carbons (Fsp3) is 0.0426. The van der Waals surface area contributed by atoms with E-state index >= 15 is 0 Å². The lowest BCUT2D eigenvalue weighted by Gasteiger charge is -2.37. The average Bonchev–Trinajstić information content (AvgIpc) is 3.20. The van der Waals surface area contributed by atoms with Crippen molar-refractivity contribution in [2.75, 3.05) is 5.43 Å². The molecule has 4 nitrogen and oxygen atoms in total. The molecule has 3 aliphatic carbocycles. The Balaban J connectivity index is 0.968. The van der Waals surface area contributed by atoms with Crippen LogP contribution in [0.15, 0.2) is 193 Å². The van der Waals surface area contributed by atoms with Gasteiger partial charge in [-0.25, -0.2) is 0 Å². The van der Waals surface area contributed by atoms with E-state index in [-0.39, 0.29) is 11.8 Å². The summed E-state index contributed by atoms with van der Waals surface area (Å²) in [6, 6.07) is 44.9. The maximum atomic E-state index is 8.86. The van der Waals surface area contributed by atoms with Crippen molar-refractivity contribution >= 4 is 39.0 Å². The fourth-order valence-electron chi connectivity index (χ4n) is 7.68. The topological polar surface area (TPSA) is 61.1 Å². The smallest absolute Gasteiger partial charge is 0.108 e. The first-order chi connectivity index (χ1) is 25.2. The minimum Gasteiger partial charge on any atom is -0.299 e. The maximum Gasteiger partial charge on any atom is 0.108 e. The van der Waals surface area contributed by atoms with Crippen LogP contribution in [-0.2, 0) is 0 Å². The second kappa shape index (κ2) is 13.0. The normalized spacial score (nSPS) is 18.5. The van der Waals surface area contributed by atoms with Gasteiger partial charge in [-0.2, -0.15) is 5.10 Å². The molecule has 51 heavy (non-hydrogen) atoms. The van der Waals surface area contributed by atoms with Gasteiger partial charge in [-0.1, -0.05) is 146 Å². The zero-order valence-corrected chi connectivity index (χ0v) is 27.9. The van der Waals surface area contributed by atoms with Gasteiger partial charge in [0.2, 0.25) is 0 Å². The Morgan fingerprint density at radius 3 is 2.33 bits per heavy atom. The molecule has 1 aromatic heterocycles. The summed E-state index contributed by atoms with van der Waals surface area (Å²) in [4.78, 5) is 4.43. The van der Waals surface area contributed by atoms with Crippen molar-refractivity contribution in [3.63, 3.8) is 0 Å². The first-order valence-corrected chi connectivity index (χ1v) is 17.3. The molecule has 5 aromatic carbocycles. The summed E-state index contributed by atoms with van der Waals surface area (Å²) >= 11 is 0. The third-order valence-electron chi connectivity index (χ3n) is 10.1. The number of rotatable bonds is 6. The van der Waals surface area contributed by atoms with Gasteiger partial charge in [-0.3, -0.25) is 15.8 Å². The van der Waals surface area contributed by atoms with E-state index in [1.807, 2.05) is 42.7 Å². The molecule has 9 rings (SSSR count). The maximum absolute atomic E-state index is 8.86. The standard InChI is InChI=1S/C47H34N4/c48-44-28-34(23-26-45(44)51-50-37-24-21-31(22-25-37)43-30-49-29-36-13-4-5-16-38(36)43)33-14-10-15-35(27-33)47-41-19-8-6-17-39(41)46(32-11-2-1-3-12-32)40-18-7-9-20-42(40)47/h1-30,41,47-48,50H/b48-44?,51-45-. The molecule has 2 unspecified atom stereocenters. The van der Waals surface area contributed by atoms with E-state index in [0.29, 0.717) is 11.4 Å². The number of nitrogens with one attached hydrogen (secondary N) is 2. The van der Waals surface area contributed by atoms with Gasteiger partial charge in [-0.15, -0.1) is 0 Å². The minimum atomic E-state index is 0.169. The fourth-order valence-corrected chi connectivity index (χ4v) is 7.68. The number of benzene rings is 5. The molecular weight excluding hydrogens is 621 g/mol. The van der Waals surface area contributed by atoms with Crippen LogP contribution in [-0.4, -0.2) is 16.4 Å². The number of hydrogen-bond acceptors (Lipinski definition) is 4. The van der Waals surface area contributed by atoms with E-state index in [0.717, 1.165) is 33.3 Å². The number of anilines is 1. The number of hydrazone groups is 1. The van der Waals surface area contributed by atoms with E-state index in [2.05, 4.69) is 155 Å². The summed E-state index contributed by atoms with van der Waals surface area (Å²) in [6.45, 7) is 0. The Hall–Kier alpha value is -6.65. The predicted octanol–water partition coefficient (Wildman–Crippen LogP) is 11.0. The molecule has 6 aromatic rings. The number of hydrogen-bond donors (Lipinski definition) is 2. The minimum absolute atomic E-state index is 0.169. The molecule has 1 heterocycles. The van der Waals surface area contributed by atoms with Gasteiger partial charge in [0.1, 0.15) is 5.71 Å². The Morgan fingerprint density at radius 2 is 1.45 bits per heavy atom. The van der Waals surface area contributed by atoms with Crippen molar-refractivity contribution in [3.05, 3.63) is 216 Å². The highest BCUT2D eigenvalue weighted by Crippen LogP contribution is 2.50. The van der Waals surface area contributed by atoms with E-state index in [1.54, 1.807) is 0 Å². The number of allylic oxidation sites excluding steroid dienone is 9. The Morgan fingerprint density at radius 1 is 0.647 bits per heavy atom. The summed E-state index contributed by atoms with van der Waals surface area (Å²) in [7, 11) is 0. The first-order valence-electron chi connectivity index (χ1n) is 17.3. The predicted molar refractivity (Wildman–Crippen MR) is 212 cm³/mol. The molecule has 0 amide bonds. The van der Waals surface area contributed by atoms with Gasteiger partial charge in [0, 0.05) is 35.2 Å². The highest BCUT2D eigenvalue weighted by molar-refractivity contribution is 6.51. The van der Waals surface area contributed by atoms with Crippen molar-refractivity contribution in [1.82, 2.24) is 4.98 Å². The summed E-state index contributed by atoms with van der Waals surface area (Å²) in [5.74, 6) is 0.383. The molecule has 0 radical (unpaired) electrons. The SMILES string of the molecule is N=C1C=C(c2cccc(C3c4ccccc4C(c4ccccc4)=C4C=CC=CC43)c2)C=C/C1=N/Nc1ccc(-c2cncc3ccccc23)cc1. The molecule has 0 fully saturated rings. The van der Waals surface area contributed by atoms with Crippen LogP contribution >= 0.6 is 0 Å². The van der Waals surface area contributed by atoms with Gasteiger partial charge in [0.25, 0.3) is 0 Å². The van der Waals surface area contributed by atoms with Crippen LogP contribution in [0.1, 0.15) is 33.7 Å². The van der Waals surface area contributed by atoms with Crippen LogP contribution in [0.5, 0.6) is 0 Å². The molecule has 4 heteroatoms. The van der Waals surface area contributed by atoms with E-state index in [4.69, 9.17) is 5.41 Å². The van der Waals surface area contributed by atoms with Crippen molar-refractivity contribution in [3.8, 4) is 11.1 Å². The number of nitrogens with zero attached hydrogens (tertiary/aromatic N) is 2. The molecule has 2 atom stereocenters. The lowest BCUT2D eigenvalue weighted by molar-refractivity contribution is 0.648. The first kappa shape index (κ1) is 30.4. The van der Waals surface area contributed by atoms with Crippen molar-refractivity contribution in [1.29, 1.82) is 5.41 Å². The number of fused-ring (bicyclic) bond motifs is 3. The summed E-state index contributed by atoms with van der Waals surface area (Å²) in [6.07, 6.45) is 18.7. The molecule has 0 saturated heterocycles. The highest BCUT2D eigenvalue weighted by Gasteiger charge is 2.35. The zero-order valence-electron chi connectivity index (χ0n) is 27.9. The monoisotopic (exact) mass is 654 g/mol. The Kier molecular flexibility index (Phi) is 7.75. The Labute approximate surface area is 297 Å². The van der Waals surface area contributed by atoms with Gasteiger partial charge in [-0.05, 0) is 79.8 Å². The van der Waals surface area contributed by atoms with E-state index in [9.17, 15) is 0 Å². The summed E-state index contributed by atoms with van der Waals surface area (Å²) in [5.41, 5.74) is 17.0. The van der Waals surface area contributed by atoms with Crippen molar-refractivity contribution in [2.24, 2.45) is 11.0 Å². The molecule has 3 aliphatic rings. The van der Waals surface area contributed by atoms with Crippen LogP contribution < -0.4 is 5.43 Å². The molecule has 0 aliphatic heterocycles. The van der Waals surface area contributed by atoms with Crippen LogP contribution in [0.3, 0.4) is 0 Å². The highest BCUT2D eigenvalue weighted by atomic mass is 15.3. The molecular formula is C47H34N4. The van der Waals surface area contributed by atoms with E-state index in [1.165, 1.54) is 38.8 Å². The zero-order chi connectivity index (χ0) is 34.1. The molecule has 2 N–H and O–H groups in total. The van der Waals surface area contributed by atoms with Crippen LogP contribution in [0.25, 0.3) is 33.0 Å².